The second-order valence-electron chi connectivity index (χ2n) is 4.14. The first-order valence-corrected chi connectivity index (χ1v) is 6.14. The van der Waals surface area contributed by atoms with Gasteiger partial charge in [0.05, 0.1) is 0 Å². The number of nitrogens with one attached hydrogen (secondary N) is 2. The molecule has 1 aromatic heterocycles. The van der Waals surface area contributed by atoms with E-state index in [9.17, 15) is 4.79 Å². The number of nitrogens with zero attached hydrogens (tertiary/aromatic N) is 2. The van der Waals surface area contributed by atoms with E-state index in [4.69, 9.17) is 5.11 Å². The highest BCUT2D eigenvalue weighted by atomic mass is 16.4. The Labute approximate surface area is 107 Å². The Hall–Kier alpha value is -1.69. The van der Waals surface area contributed by atoms with E-state index >= 15 is 0 Å². The van der Waals surface area contributed by atoms with Gasteiger partial charge in [0.2, 0.25) is 5.95 Å². The van der Waals surface area contributed by atoms with Crippen LogP contribution in [0.25, 0.3) is 0 Å². The lowest BCUT2D eigenvalue weighted by molar-refractivity contribution is -0.139. The van der Waals surface area contributed by atoms with E-state index < -0.39 is 12.0 Å². The lowest BCUT2D eigenvalue weighted by Crippen LogP contribution is -2.33. The molecule has 18 heavy (non-hydrogen) atoms. The van der Waals surface area contributed by atoms with Gasteiger partial charge in [0.1, 0.15) is 6.04 Å². The molecule has 3 N–H and O–H groups in total. The molecule has 0 bridgehead atoms. The Morgan fingerprint density at radius 1 is 1.44 bits per heavy atom. The number of carboxylic acid groups (broad SMARTS) is 1. The first kappa shape index (κ1) is 14.4. The molecule has 6 nitrogen and oxygen atoms in total. The van der Waals surface area contributed by atoms with Crippen molar-refractivity contribution >= 4 is 11.9 Å². The number of rotatable bonds is 8. The van der Waals surface area contributed by atoms with Crippen LogP contribution < -0.4 is 10.6 Å². The van der Waals surface area contributed by atoms with Gasteiger partial charge in [0.25, 0.3) is 0 Å². The Morgan fingerprint density at radius 2 is 2.11 bits per heavy atom. The van der Waals surface area contributed by atoms with Crippen molar-refractivity contribution in [2.75, 3.05) is 11.9 Å². The van der Waals surface area contributed by atoms with Crippen molar-refractivity contribution in [3.05, 3.63) is 18.0 Å². The van der Waals surface area contributed by atoms with Crippen LogP contribution >= 0.6 is 0 Å². The third kappa shape index (κ3) is 5.09. The molecule has 6 heteroatoms. The predicted octanol–water partition coefficient (Wildman–Crippen LogP) is 1.25. The normalized spacial score (nSPS) is 12.1. The number of carbonyl (C=O) groups is 1. The minimum atomic E-state index is -0.867. The van der Waals surface area contributed by atoms with Crippen LogP contribution in [0.3, 0.4) is 0 Å². The van der Waals surface area contributed by atoms with E-state index in [2.05, 4.69) is 27.5 Å². The predicted molar refractivity (Wildman–Crippen MR) is 69.4 cm³/mol. The molecule has 0 aliphatic heterocycles. The summed E-state index contributed by atoms with van der Waals surface area (Å²) in [4.78, 5) is 18.9. The summed E-state index contributed by atoms with van der Waals surface area (Å²) >= 11 is 0. The minimum absolute atomic E-state index is 0.447. The zero-order chi connectivity index (χ0) is 13.4. The Bertz CT molecular complexity index is 367. The Morgan fingerprint density at radius 3 is 2.67 bits per heavy atom. The van der Waals surface area contributed by atoms with Crippen LogP contribution in [0.5, 0.6) is 0 Å². The van der Waals surface area contributed by atoms with Gasteiger partial charge >= 0.3 is 5.97 Å². The van der Waals surface area contributed by atoms with Gasteiger partial charge in [-0.2, -0.15) is 0 Å². The first-order valence-electron chi connectivity index (χ1n) is 6.14. The fourth-order valence-electron chi connectivity index (χ4n) is 1.27. The number of hydrogen-bond donors (Lipinski definition) is 3. The van der Waals surface area contributed by atoms with Gasteiger partial charge in [-0.3, -0.25) is 4.79 Å². The second-order valence-corrected chi connectivity index (χ2v) is 4.14. The largest absolute Gasteiger partial charge is 0.480 e. The maximum absolute atomic E-state index is 10.6. The lowest BCUT2D eigenvalue weighted by Gasteiger charge is -2.09. The zero-order valence-electron chi connectivity index (χ0n) is 10.8. The molecule has 0 saturated heterocycles. The fourth-order valence-corrected chi connectivity index (χ4v) is 1.27. The highest BCUT2D eigenvalue weighted by Crippen LogP contribution is 2.01. The summed E-state index contributed by atoms with van der Waals surface area (Å²) in [7, 11) is 0. The van der Waals surface area contributed by atoms with Crippen molar-refractivity contribution in [2.45, 2.75) is 39.3 Å². The van der Waals surface area contributed by atoms with Gasteiger partial charge in [0, 0.05) is 31.0 Å². The number of hydrogen-bond acceptors (Lipinski definition) is 5. The summed E-state index contributed by atoms with van der Waals surface area (Å²) in [5.74, 6) is -0.257. The molecule has 0 unspecified atom stereocenters. The smallest absolute Gasteiger partial charge is 0.320 e. The molecule has 0 radical (unpaired) electrons. The molecule has 0 amide bonds. The van der Waals surface area contributed by atoms with E-state index in [1.807, 2.05) is 0 Å². The number of unbranched alkanes of at least 4 members (excludes halogenated alkanes) is 1. The van der Waals surface area contributed by atoms with Gasteiger partial charge in [-0.05, 0) is 13.3 Å². The number of aliphatic carboxylic acids is 1. The molecule has 100 valence electrons. The van der Waals surface area contributed by atoms with Crippen LogP contribution in [0, 0.1) is 0 Å². The van der Waals surface area contributed by atoms with Crippen LogP contribution in [0.15, 0.2) is 12.4 Å². The number of anilines is 1. The summed E-state index contributed by atoms with van der Waals surface area (Å²) in [6, 6.07) is -0.577. The van der Waals surface area contributed by atoms with Crippen LogP contribution in [-0.4, -0.2) is 33.6 Å². The van der Waals surface area contributed by atoms with Gasteiger partial charge in [0.15, 0.2) is 0 Å². The fraction of sp³-hybridized carbons (Fsp3) is 0.583. The summed E-state index contributed by atoms with van der Waals surface area (Å²) < 4.78 is 0. The molecule has 0 saturated carbocycles. The van der Waals surface area contributed by atoms with E-state index in [0.29, 0.717) is 12.5 Å². The van der Waals surface area contributed by atoms with Crippen LogP contribution in [-0.2, 0) is 11.3 Å². The molecule has 1 aromatic rings. The molecule has 0 aliphatic rings. The van der Waals surface area contributed by atoms with Crippen molar-refractivity contribution in [2.24, 2.45) is 0 Å². The van der Waals surface area contributed by atoms with E-state index in [1.165, 1.54) is 0 Å². The average molecular weight is 252 g/mol. The average Bonchev–Trinajstić information content (AvgIpc) is 2.37. The molecular weight excluding hydrogens is 232 g/mol. The number of aromatic nitrogens is 2. The van der Waals surface area contributed by atoms with Crippen molar-refractivity contribution < 1.29 is 9.90 Å². The molecule has 0 aromatic carbocycles. The molecule has 1 heterocycles. The molecular formula is C12H20N4O2. The van der Waals surface area contributed by atoms with Crippen LogP contribution in [0.2, 0.25) is 0 Å². The summed E-state index contributed by atoms with van der Waals surface area (Å²) in [5, 5.41) is 14.7. The Kier molecular flexibility index (Phi) is 6.07. The van der Waals surface area contributed by atoms with E-state index in [1.54, 1.807) is 19.3 Å². The van der Waals surface area contributed by atoms with Gasteiger partial charge in [-0.15, -0.1) is 0 Å². The molecule has 0 spiro atoms. The summed E-state index contributed by atoms with van der Waals surface area (Å²) in [6.45, 7) is 5.04. The van der Waals surface area contributed by atoms with Gasteiger partial charge < -0.3 is 15.7 Å². The van der Waals surface area contributed by atoms with Crippen molar-refractivity contribution in [1.29, 1.82) is 0 Å². The quantitative estimate of drug-likeness (QED) is 0.604. The summed E-state index contributed by atoms with van der Waals surface area (Å²) in [6.07, 6.45) is 5.61. The molecule has 1 atom stereocenters. The molecule has 0 aliphatic carbocycles. The van der Waals surface area contributed by atoms with Gasteiger partial charge in [-0.25, -0.2) is 9.97 Å². The molecule has 0 fully saturated rings. The molecule has 1 rings (SSSR count). The third-order valence-corrected chi connectivity index (χ3v) is 2.50. The topological polar surface area (TPSA) is 87.1 Å². The standard InChI is InChI=1S/C12H20N4O2/c1-3-4-5-13-12-15-7-10(8-16-12)6-14-9(2)11(17)18/h7-9,14H,3-6H2,1-2H3,(H,17,18)(H,13,15,16)/t9-/m0/s1. The third-order valence-electron chi connectivity index (χ3n) is 2.50. The van der Waals surface area contributed by atoms with Crippen molar-refractivity contribution in [3.8, 4) is 0 Å². The highest BCUT2D eigenvalue weighted by Gasteiger charge is 2.09. The maximum Gasteiger partial charge on any atom is 0.320 e. The highest BCUT2D eigenvalue weighted by molar-refractivity contribution is 5.72. The second kappa shape index (κ2) is 7.60. The summed E-state index contributed by atoms with van der Waals surface area (Å²) in [5.41, 5.74) is 0.865. The zero-order valence-corrected chi connectivity index (χ0v) is 10.8. The SMILES string of the molecule is CCCCNc1ncc(CN[C@@H](C)C(=O)O)cn1. The van der Waals surface area contributed by atoms with Crippen molar-refractivity contribution in [3.63, 3.8) is 0 Å². The first-order chi connectivity index (χ1) is 8.63. The van der Waals surface area contributed by atoms with E-state index in [-0.39, 0.29) is 0 Å². The van der Waals surface area contributed by atoms with Crippen LogP contribution in [0.4, 0.5) is 5.95 Å². The van der Waals surface area contributed by atoms with E-state index in [0.717, 1.165) is 24.9 Å². The minimum Gasteiger partial charge on any atom is -0.480 e. The van der Waals surface area contributed by atoms with Gasteiger partial charge in [-0.1, -0.05) is 13.3 Å². The Balaban J connectivity index is 2.38. The lowest BCUT2D eigenvalue weighted by atomic mass is 10.3. The number of carboxylic acids is 1. The monoisotopic (exact) mass is 252 g/mol. The van der Waals surface area contributed by atoms with Crippen LogP contribution in [0.1, 0.15) is 32.3 Å². The maximum atomic E-state index is 10.6. The van der Waals surface area contributed by atoms with Crippen molar-refractivity contribution in [1.82, 2.24) is 15.3 Å².